The van der Waals surface area contributed by atoms with Crippen LogP contribution in [0.15, 0.2) is 12.1 Å². The van der Waals surface area contributed by atoms with Gasteiger partial charge in [0.2, 0.25) is 11.7 Å². The number of hydrogen-bond donors (Lipinski definition) is 2. The number of imidazole rings is 1. The molecule has 1 aromatic carbocycles. The molecule has 2 aromatic rings. The van der Waals surface area contributed by atoms with Gasteiger partial charge in [0.25, 0.3) is 0 Å². The topological polar surface area (TPSA) is 57.8 Å². The van der Waals surface area contributed by atoms with E-state index < -0.39 is 12.0 Å². The van der Waals surface area contributed by atoms with E-state index in [9.17, 15) is 18.0 Å². The number of nitrogens with zero attached hydrogens (tertiary/aromatic N) is 1. The minimum Gasteiger partial charge on any atom is -0.334 e. The first-order valence-corrected chi connectivity index (χ1v) is 5.82. The number of rotatable bonds is 1. The van der Waals surface area contributed by atoms with E-state index in [4.69, 9.17) is 0 Å². The smallest absolute Gasteiger partial charge is 0.334 e. The van der Waals surface area contributed by atoms with Crippen molar-refractivity contribution in [3.63, 3.8) is 0 Å². The van der Waals surface area contributed by atoms with Crippen LogP contribution in [0.25, 0.3) is 11.0 Å². The van der Waals surface area contributed by atoms with Gasteiger partial charge >= 0.3 is 6.18 Å². The Bertz CT molecular complexity index is 675. The van der Waals surface area contributed by atoms with Crippen molar-refractivity contribution in [2.45, 2.75) is 25.4 Å². The highest BCUT2D eigenvalue weighted by Crippen LogP contribution is 2.38. The summed E-state index contributed by atoms with van der Waals surface area (Å²) in [6.45, 7) is 1.86. The number of halogens is 3. The molecule has 0 fully saturated rings. The maximum absolute atomic E-state index is 12.6. The van der Waals surface area contributed by atoms with Gasteiger partial charge in [-0.05, 0) is 24.1 Å². The van der Waals surface area contributed by atoms with E-state index in [-0.39, 0.29) is 17.3 Å². The monoisotopic (exact) mass is 269 g/mol. The molecule has 1 aliphatic heterocycles. The molecule has 0 bridgehead atoms. The highest BCUT2D eigenvalue weighted by atomic mass is 19.4. The minimum atomic E-state index is -4.50. The van der Waals surface area contributed by atoms with Gasteiger partial charge in [0.15, 0.2) is 0 Å². The fourth-order valence-electron chi connectivity index (χ4n) is 2.37. The van der Waals surface area contributed by atoms with Crippen LogP contribution in [0.5, 0.6) is 0 Å². The summed E-state index contributed by atoms with van der Waals surface area (Å²) in [6.07, 6.45) is -3.90. The summed E-state index contributed by atoms with van der Waals surface area (Å²) >= 11 is 0. The van der Waals surface area contributed by atoms with Crippen LogP contribution < -0.4 is 5.32 Å². The summed E-state index contributed by atoms with van der Waals surface area (Å²) in [6, 6.07) is 3.04. The normalized spacial score (nSPS) is 18.7. The maximum Gasteiger partial charge on any atom is 0.449 e. The molecule has 0 saturated carbocycles. The molecule has 19 heavy (non-hydrogen) atoms. The molecule has 0 aliphatic carbocycles. The van der Waals surface area contributed by atoms with Gasteiger partial charge in [-0.25, -0.2) is 4.98 Å². The van der Waals surface area contributed by atoms with Gasteiger partial charge in [-0.3, -0.25) is 4.79 Å². The second-order valence-corrected chi connectivity index (χ2v) is 4.49. The summed E-state index contributed by atoms with van der Waals surface area (Å²) in [4.78, 5) is 17.4. The third-order valence-electron chi connectivity index (χ3n) is 3.28. The summed E-state index contributed by atoms with van der Waals surface area (Å²) in [5, 5.41) is 2.66. The maximum atomic E-state index is 12.6. The molecule has 1 aromatic heterocycles. The Balaban J connectivity index is 2.16. The van der Waals surface area contributed by atoms with E-state index in [2.05, 4.69) is 15.3 Å². The van der Waals surface area contributed by atoms with Gasteiger partial charge in [0.1, 0.15) is 0 Å². The molecule has 0 radical (unpaired) electrons. The van der Waals surface area contributed by atoms with Gasteiger partial charge in [0.05, 0.1) is 17.0 Å². The quantitative estimate of drug-likeness (QED) is 0.836. The number of hydrogen-bond acceptors (Lipinski definition) is 2. The largest absolute Gasteiger partial charge is 0.449 e. The second kappa shape index (κ2) is 3.72. The fraction of sp³-hybridized carbons (Fsp3) is 0.333. The predicted molar refractivity (Wildman–Crippen MR) is 62.8 cm³/mol. The predicted octanol–water partition coefficient (Wildman–Crippen LogP) is 3.03. The molecule has 2 N–H and O–H groups in total. The standard InChI is InChI=1S/C12H10F3N3O/c1-2-5-6-3-8-9(4-7(6)16-10(5)19)18-11(17-8)12(13,14)15/h3-5H,2H2,1H3,(H,16,19)(H,17,18). The van der Waals surface area contributed by atoms with Crippen molar-refractivity contribution in [2.75, 3.05) is 5.32 Å². The number of alkyl halides is 3. The van der Waals surface area contributed by atoms with E-state index in [1.807, 2.05) is 6.92 Å². The lowest BCUT2D eigenvalue weighted by molar-refractivity contribution is -0.144. The highest BCUT2D eigenvalue weighted by Gasteiger charge is 2.36. The van der Waals surface area contributed by atoms with Crippen molar-refractivity contribution in [2.24, 2.45) is 0 Å². The Hall–Kier alpha value is -2.05. The number of carbonyl (C=O) groups is 1. The summed E-state index contributed by atoms with van der Waals surface area (Å²) < 4.78 is 37.7. The first kappa shape index (κ1) is 12.0. The number of H-pyrrole nitrogens is 1. The Morgan fingerprint density at radius 2 is 2.11 bits per heavy atom. The molecule has 100 valence electrons. The van der Waals surface area contributed by atoms with Gasteiger partial charge in [0, 0.05) is 5.69 Å². The molecule has 2 heterocycles. The molecule has 0 spiro atoms. The molecular formula is C12H10F3N3O. The zero-order valence-electron chi connectivity index (χ0n) is 9.93. The molecule has 1 aliphatic rings. The van der Waals surface area contributed by atoms with Crippen LogP contribution in [-0.4, -0.2) is 15.9 Å². The molecule has 1 unspecified atom stereocenters. The minimum absolute atomic E-state index is 0.124. The van der Waals surface area contributed by atoms with E-state index >= 15 is 0 Å². The third kappa shape index (κ3) is 1.76. The number of amides is 1. The summed E-state index contributed by atoms with van der Waals surface area (Å²) in [5.41, 5.74) is 1.76. The van der Waals surface area contributed by atoms with E-state index in [0.29, 0.717) is 17.6 Å². The Morgan fingerprint density at radius 1 is 1.37 bits per heavy atom. The third-order valence-corrected chi connectivity index (χ3v) is 3.28. The van der Waals surface area contributed by atoms with Crippen molar-refractivity contribution in [1.29, 1.82) is 0 Å². The molecule has 0 saturated heterocycles. The van der Waals surface area contributed by atoms with E-state index in [0.717, 1.165) is 5.56 Å². The van der Waals surface area contributed by atoms with Gasteiger partial charge in [-0.2, -0.15) is 13.2 Å². The number of benzene rings is 1. The Morgan fingerprint density at radius 3 is 2.74 bits per heavy atom. The van der Waals surface area contributed by atoms with Gasteiger partial charge < -0.3 is 10.3 Å². The summed E-state index contributed by atoms with van der Waals surface area (Å²) in [5.74, 6) is -1.45. The molecular weight excluding hydrogens is 259 g/mol. The van der Waals surface area contributed by atoms with Crippen LogP contribution in [0, 0.1) is 0 Å². The molecule has 1 atom stereocenters. The van der Waals surface area contributed by atoms with Gasteiger partial charge in [-0.15, -0.1) is 0 Å². The lowest BCUT2D eigenvalue weighted by Crippen LogP contribution is -2.10. The Labute approximate surface area is 106 Å². The van der Waals surface area contributed by atoms with Crippen molar-refractivity contribution in [3.05, 3.63) is 23.5 Å². The summed E-state index contributed by atoms with van der Waals surface area (Å²) in [7, 11) is 0. The van der Waals surface area contributed by atoms with E-state index in [1.165, 1.54) is 6.07 Å². The first-order valence-electron chi connectivity index (χ1n) is 5.82. The number of nitrogens with one attached hydrogen (secondary N) is 2. The number of fused-ring (bicyclic) bond motifs is 2. The zero-order chi connectivity index (χ0) is 13.8. The van der Waals surface area contributed by atoms with Crippen molar-refractivity contribution in [1.82, 2.24) is 9.97 Å². The zero-order valence-corrected chi connectivity index (χ0v) is 9.93. The van der Waals surface area contributed by atoms with Crippen molar-refractivity contribution in [3.8, 4) is 0 Å². The number of aromatic amines is 1. The number of aromatic nitrogens is 2. The lowest BCUT2D eigenvalue weighted by atomic mass is 9.98. The van der Waals surface area contributed by atoms with Crippen LogP contribution >= 0.6 is 0 Å². The number of anilines is 1. The van der Waals surface area contributed by atoms with Crippen LogP contribution in [-0.2, 0) is 11.0 Å². The fourth-order valence-corrected chi connectivity index (χ4v) is 2.37. The molecule has 7 heteroatoms. The van der Waals surface area contributed by atoms with Crippen LogP contribution in [0.3, 0.4) is 0 Å². The second-order valence-electron chi connectivity index (χ2n) is 4.49. The number of carbonyl (C=O) groups excluding carboxylic acids is 1. The van der Waals surface area contributed by atoms with Crippen molar-refractivity contribution < 1.29 is 18.0 Å². The van der Waals surface area contributed by atoms with Crippen LogP contribution in [0.2, 0.25) is 0 Å². The Kier molecular flexibility index (Phi) is 2.35. The van der Waals surface area contributed by atoms with E-state index in [1.54, 1.807) is 6.07 Å². The molecule has 4 nitrogen and oxygen atoms in total. The SMILES string of the molecule is CCC1C(=O)Nc2cc3nc(C(F)(F)F)[nH]c3cc21. The first-order chi connectivity index (χ1) is 8.90. The highest BCUT2D eigenvalue weighted by molar-refractivity contribution is 6.05. The van der Waals surface area contributed by atoms with Crippen LogP contribution in [0.4, 0.5) is 18.9 Å². The molecule has 3 rings (SSSR count). The lowest BCUT2D eigenvalue weighted by Gasteiger charge is -2.03. The average Bonchev–Trinajstić information content (AvgIpc) is 2.84. The van der Waals surface area contributed by atoms with Gasteiger partial charge in [-0.1, -0.05) is 6.92 Å². The average molecular weight is 269 g/mol. The van der Waals surface area contributed by atoms with Crippen molar-refractivity contribution >= 4 is 22.6 Å². The van der Waals surface area contributed by atoms with Crippen LogP contribution in [0.1, 0.15) is 30.7 Å². The molecule has 1 amide bonds.